The largest absolute Gasteiger partial charge is 0.383 e. The normalized spacial score (nSPS) is 11.2. The van der Waals surface area contributed by atoms with E-state index in [1.807, 2.05) is 41.8 Å². The fourth-order valence-corrected chi connectivity index (χ4v) is 2.98. The van der Waals surface area contributed by atoms with Gasteiger partial charge < -0.3 is 5.73 Å². The standard InChI is InChI=1S/C14H10Br3N3/c1-7-4-12-19-13(14(18)20(12)6-11(7)17)8-2-3-9(15)10(16)5-8/h2-6H,18H2,1H3. The van der Waals surface area contributed by atoms with Crippen LogP contribution in [0.2, 0.25) is 0 Å². The minimum atomic E-state index is 0.634. The topological polar surface area (TPSA) is 43.3 Å². The highest BCUT2D eigenvalue weighted by molar-refractivity contribution is 9.13. The lowest BCUT2D eigenvalue weighted by molar-refractivity contribution is 1.16. The van der Waals surface area contributed by atoms with E-state index in [1.165, 1.54) is 0 Å². The zero-order chi connectivity index (χ0) is 14.4. The zero-order valence-corrected chi connectivity index (χ0v) is 15.3. The smallest absolute Gasteiger partial charge is 0.139 e. The SMILES string of the molecule is Cc1cc2nc(-c3ccc(Br)c(Br)c3)c(N)n2cc1Br. The van der Waals surface area contributed by atoms with Crippen molar-refractivity contribution in [3.63, 3.8) is 0 Å². The number of nitrogens with zero attached hydrogens (tertiary/aromatic N) is 2. The summed E-state index contributed by atoms with van der Waals surface area (Å²) in [5.41, 5.74) is 9.98. The van der Waals surface area contributed by atoms with Crippen molar-refractivity contribution < 1.29 is 0 Å². The van der Waals surface area contributed by atoms with Gasteiger partial charge in [-0.15, -0.1) is 0 Å². The predicted octanol–water partition coefficient (Wildman–Crippen LogP) is 5.18. The van der Waals surface area contributed by atoms with Crippen LogP contribution in [-0.2, 0) is 0 Å². The molecule has 1 aromatic carbocycles. The molecule has 0 fully saturated rings. The van der Waals surface area contributed by atoms with Crippen LogP contribution in [0.5, 0.6) is 0 Å². The predicted molar refractivity (Wildman–Crippen MR) is 92.9 cm³/mol. The number of hydrogen-bond donors (Lipinski definition) is 1. The third-order valence-corrected chi connectivity index (χ3v) is 5.84. The van der Waals surface area contributed by atoms with E-state index in [-0.39, 0.29) is 0 Å². The van der Waals surface area contributed by atoms with Crippen LogP contribution in [0.3, 0.4) is 0 Å². The first kappa shape index (κ1) is 14.1. The van der Waals surface area contributed by atoms with Crippen LogP contribution < -0.4 is 5.73 Å². The molecule has 0 saturated carbocycles. The molecule has 0 aliphatic heterocycles. The molecule has 3 nitrogen and oxygen atoms in total. The van der Waals surface area contributed by atoms with Crippen molar-refractivity contribution in [2.45, 2.75) is 6.92 Å². The first-order valence-corrected chi connectivity index (χ1v) is 8.24. The second kappa shape index (κ2) is 5.16. The molecule has 2 heterocycles. The van der Waals surface area contributed by atoms with Crippen molar-refractivity contribution in [2.24, 2.45) is 0 Å². The summed E-state index contributed by atoms with van der Waals surface area (Å²) in [5.74, 6) is 0.634. The number of pyridine rings is 1. The second-order valence-corrected chi connectivity index (χ2v) is 7.07. The summed E-state index contributed by atoms with van der Waals surface area (Å²) < 4.78 is 4.88. The second-order valence-electron chi connectivity index (χ2n) is 4.51. The first-order chi connectivity index (χ1) is 9.47. The summed E-state index contributed by atoms with van der Waals surface area (Å²) in [7, 11) is 0. The molecule has 0 bridgehead atoms. The fourth-order valence-electron chi connectivity index (χ4n) is 2.03. The Morgan fingerprint density at radius 1 is 1.05 bits per heavy atom. The average molecular weight is 460 g/mol. The lowest BCUT2D eigenvalue weighted by Gasteiger charge is -2.02. The number of anilines is 1. The van der Waals surface area contributed by atoms with E-state index >= 15 is 0 Å². The molecular weight excluding hydrogens is 450 g/mol. The molecule has 3 aromatic rings. The molecule has 0 aliphatic carbocycles. The molecule has 2 aromatic heterocycles. The fraction of sp³-hybridized carbons (Fsp3) is 0.0714. The van der Waals surface area contributed by atoms with Crippen molar-refractivity contribution in [1.29, 1.82) is 0 Å². The van der Waals surface area contributed by atoms with E-state index in [9.17, 15) is 0 Å². The highest BCUT2D eigenvalue weighted by Gasteiger charge is 2.13. The van der Waals surface area contributed by atoms with E-state index in [0.29, 0.717) is 5.82 Å². The number of nitrogen functional groups attached to an aromatic ring is 1. The summed E-state index contributed by atoms with van der Waals surface area (Å²) in [6.07, 6.45) is 1.95. The van der Waals surface area contributed by atoms with Crippen LogP contribution in [0.15, 0.2) is 43.9 Å². The number of hydrogen-bond acceptors (Lipinski definition) is 2. The molecule has 0 aliphatic rings. The van der Waals surface area contributed by atoms with Crippen LogP contribution >= 0.6 is 47.8 Å². The molecule has 0 spiro atoms. The van der Waals surface area contributed by atoms with Crippen molar-refractivity contribution in [3.8, 4) is 11.3 Å². The zero-order valence-electron chi connectivity index (χ0n) is 10.5. The van der Waals surface area contributed by atoms with Crippen LogP contribution in [0, 0.1) is 6.92 Å². The van der Waals surface area contributed by atoms with E-state index < -0.39 is 0 Å². The molecule has 0 unspecified atom stereocenters. The number of rotatable bonds is 1. The summed E-state index contributed by atoms with van der Waals surface area (Å²) >= 11 is 10.5. The van der Waals surface area contributed by atoms with E-state index in [0.717, 1.165) is 35.9 Å². The molecular formula is C14H10Br3N3. The molecule has 20 heavy (non-hydrogen) atoms. The minimum absolute atomic E-state index is 0.634. The quantitative estimate of drug-likeness (QED) is 0.545. The highest BCUT2D eigenvalue weighted by Crippen LogP contribution is 2.33. The summed E-state index contributed by atoms with van der Waals surface area (Å²) in [4.78, 5) is 4.64. The minimum Gasteiger partial charge on any atom is -0.383 e. The van der Waals surface area contributed by atoms with Crippen molar-refractivity contribution in [1.82, 2.24) is 9.38 Å². The molecule has 3 rings (SSSR count). The van der Waals surface area contributed by atoms with Gasteiger partial charge in [0.2, 0.25) is 0 Å². The third-order valence-electron chi connectivity index (χ3n) is 3.13. The maximum absolute atomic E-state index is 6.23. The van der Waals surface area contributed by atoms with Crippen LogP contribution in [0.4, 0.5) is 5.82 Å². The Hall–Kier alpha value is -0.850. The van der Waals surface area contributed by atoms with Crippen LogP contribution in [0.25, 0.3) is 16.9 Å². The summed E-state index contributed by atoms with van der Waals surface area (Å²) in [5, 5.41) is 0. The van der Waals surface area contributed by atoms with Crippen molar-refractivity contribution in [3.05, 3.63) is 49.4 Å². The van der Waals surface area contributed by atoms with Gasteiger partial charge in [-0.25, -0.2) is 4.98 Å². The van der Waals surface area contributed by atoms with Gasteiger partial charge in [0.15, 0.2) is 0 Å². The van der Waals surface area contributed by atoms with Gasteiger partial charge in [-0.1, -0.05) is 6.07 Å². The molecule has 102 valence electrons. The van der Waals surface area contributed by atoms with Crippen molar-refractivity contribution in [2.75, 3.05) is 5.73 Å². The summed E-state index contributed by atoms with van der Waals surface area (Å²) in [6.45, 7) is 2.03. The molecule has 6 heteroatoms. The number of fused-ring (bicyclic) bond motifs is 1. The number of aryl methyl sites for hydroxylation is 1. The molecule has 0 radical (unpaired) electrons. The van der Waals surface area contributed by atoms with Gasteiger partial charge in [-0.3, -0.25) is 4.40 Å². The number of benzene rings is 1. The van der Waals surface area contributed by atoms with E-state index in [2.05, 4.69) is 52.8 Å². The van der Waals surface area contributed by atoms with Gasteiger partial charge in [0.1, 0.15) is 17.2 Å². The first-order valence-electron chi connectivity index (χ1n) is 5.86. The number of imidazole rings is 1. The van der Waals surface area contributed by atoms with Gasteiger partial charge in [0.05, 0.1) is 0 Å². The number of halogens is 3. The lowest BCUT2D eigenvalue weighted by Crippen LogP contribution is -1.95. The maximum atomic E-state index is 6.23. The number of nitrogens with two attached hydrogens (primary N) is 1. The van der Waals surface area contributed by atoms with E-state index in [4.69, 9.17) is 5.73 Å². The van der Waals surface area contributed by atoms with Gasteiger partial charge in [-0.05, 0) is 78.5 Å². The molecule has 2 N–H and O–H groups in total. The van der Waals surface area contributed by atoms with Crippen LogP contribution in [-0.4, -0.2) is 9.38 Å². The average Bonchev–Trinajstić information content (AvgIpc) is 2.71. The molecule has 0 saturated heterocycles. The maximum Gasteiger partial charge on any atom is 0.139 e. The molecule has 0 amide bonds. The van der Waals surface area contributed by atoms with E-state index in [1.54, 1.807) is 0 Å². The Morgan fingerprint density at radius 2 is 1.80 bits per heavy atom. The Morgan fingerprint density at radius 3 is 2.50 bits per heavy atom. The van der Waals surface area contributed by atoms with Gasteiger partial charge in [0, 0.05) is 25.2 Å². The third kappa shape index (κ3) is 2.29. The Labute approximate surface area is 141 Å². The number of aromatic nitrogens is 2. The Kier molecular flexibility index (Phi) is 3.64. The lowest BCUT2D eigenvalue weighted by atomic mass is 10.1. The van der Waals surface area contributed by atoms with Crippen molar-refractivity contribution >= 4 is 59.3 Å². The van der Waals surface area contributed by atoms with Crippen LogP contribution in [0.1, 0.15) is 5.56 Å². The Balaban J connectivity index is 2.26. The molecule has 0 atom stereocenters. The highest BCUT2D eigenvalue weighted by atomic mass is 79.9. The monoisotopic (exact) mass is 457 g/mol. The Bertz CT molecular complexity index is 824. The van der Waals surface area contributed by atoms with Gasteiger partial charge in [0.25, 0.3) is 0 Å². The van der Waals surface area contributed by atoms with Gasteiger partial charge >= 0.3 is 0 Å². The summed E-state index contributed by atoms with van der Waals surface area (Å²) in [6, 6.07) is 7.99. The van der Waals surface area contributed by atoms with Gasteiger partial charge in [-0.2, -0.15) is 0 Å².